The molecule has 1 aliphatic rings. The Bertz CT molecular complexity index is 824. The molecule has 128 valence electrons. The molecular formula is C14H18N6O3S. The van der Waals surface area contributed by atoms with Gasteiger partial charge in [-0.25, -0.2) is 18.1 Å². The molecule has 0 aliphatic carbocycles. The molecule has 0 aromatic carbocycles. The van der Waals surface area contributed by atoms with Crippen LogP contribution >= 0.6 is 0 Å². The maximum Gasteiger partial charge on any atom is 0.277 e. The number of hydrogen-bond donors (Lipinski definition) is 2. The predicted molar refractivity (Wildman–Crippen MR) is 86.5 cm³/mol. The van der Waals surface area contributed by atoms with Crippen molar-refractivity contribution in [2.75, 3.05) is 24.7 Å². The topological polar surface area (TPSA) is 119 Å². The molecule has 1 fully saturated rings. The van der Waals surface area contributed by atoms with E-state index >= 15 is 0 Å². The van der Waals surface area contributed by atoms with Crippen LogP contribution in [0.15, 0.2) is 29.6 Å². The Labute approximate surface area is 139 Å². The minimum atomic E-state index is -3.36. The summed E-state index contributed by atoms with van der Waals surface area (Å²) >= 11 is 0. The van der Waals surface area contributed by atoms with Crippen molar-refractivity contribution in [3.63, 3.8) is 0 Å². The second-order valence-electron chi connectivity index (χ2n) is 5.68. The Balaban J connectivity index is 1.67. The zero-order valence-electron chi connectivity index (χ0n) is 13.1. The standard InChI is InChI=1S/C14H18N6O3S/c1-24(22,23)13-3-2-10(8-16-13)17-14(21)12-9-20(19-18-12)11-4-6-15-7-5-11/h2-3,8-9,11,15H,4-7H2,1H3,(H,17,21). The van der Waals surface area contributed by atoms with E-state index in [-0.39, 0.29) is 16.8 Å². The average molecular weight is 350 g/mol. The Kier molecular flexibility index (Phi) is 4.58. The number of pyridine rings is 1. The number of hydrogen-bond acceptors (Lipinski definition) is 7. The van der Waals surface area contributed by atoms with Crippen molar-refractivity contribution >= 4 is 21.4 Å². The van der Waals surface area contributed by atoms with Gasteiger partial charge in [-0.05, 0) is 38.1 Å². The summed E-state index contributed by atoms with van der Waals surface area (Å²) in [5.74, 6) is -0.413. The molecular weight excluding hydrogens is 332 g/mol. The number of amides is 1. The van der Waals surface area contributed by atoms with Gasteiger partial charge in [-0.1, -0.05) is 5.21 Å². The number of carbonyl (C=O) groups is 1. The van der Waals surface area contributed by atoms with Gasteiger partial charge in [0.05, 0.1) is 24.1 Å². The molecule has 0 atom stereocenters. The van der Waals surface area contributed by atoms with Gasteiger partial charge in [0, 0.05) is 6.26 Å². The van der Waals surface area contributed by atoms with Crippen LogP contribution in [0.3, 0.4) is 0 Å². The van der Waals surface area contributed by atoms with Gasteiger partial charge in [0.15, 0.2) is 20.6 Å². The van der Waals surface area contributed by atoms with Gasteiger partial charge in [-0.15, -0.1) is 5.10 Å². The molecule has 2 aromatic heterocycles. The van der Waals surface area contributed by atoms with Gasteiger partial charge in [0.1, 0.15) is 0 Å². The van der Waals surface area contributed by atoms with Crippen LogP contribution in [-0.2, 0) is 9.84 Å². The summed E-state index contributed by atoms with van der Waals surface area (Å²) in [6.07, 6.45) is 5.89. The van der Waals surface area contributed by atoms with Crippen LogP contribution < -0.4 is 10.6 Å². The maximum absolute atomic E-state index is 12.2. The molecule has 0 radical (unpaired) electrons. The lowest BCUT2D eigenvalue weighted by molar-refractivity contribution is 0.102. The maximum atomic E-state index is 12.2. The molecule has 1 saturated heterocycles. The summed E-state index contributed by atoms with van der Waals surface area (Å²) < 4.78 is 24.5. The van der Waals surface area contributed by atoms with E-state index in [9.17, 15) is 13.2 Å². The van der Waals surface area contributed by atoms with E-state index in [1.807, 2.05) is 0 Å². The number of nitrogens with one attached hydrogen (secondary N) is 2. The Morgan fingerprint density at radius 3 is 2.71 bits per heavy atom. The molecule has 2 aromatic rings. The summed E-state index contributed by atoms with van der Waals surface area (Å²) in [5, 5.41) is 13.8. The lowest BCUT2D eigenvalue weighted by atomic mass is 10.1. The van der Waals surface area contributed by atoms with Crippen LogP contribution in [0.4, 0.5) is 5.69 Å². The van der Waals surface area contributed by atoms with Crippen molar-refractivity contribution in [2.45, 2.75) is 23.9 Å². The highest BCUT2D eigenvalue weighted by molar-refractivity contribution is 7.90. The molecule has 10 heteroatoms. The number of piperidine rings is 1. The highest BCUT2D eigenvalue weighted by Gasteiger charge is 2.19. The monoisotopic (exact) mass is 350 g/mol. The van der Waals surface area contributed by atoms with E-state index in [0.29, 0.717) is 5.69 Å². The fraction of sp³-hybridized carbons (Fsp3) is 0.429. The number of carbonyl (C=O) groups excluding carboxylic acids is 1. The Morgan fingerprint density at radius 2 is 2.08 bits per heavy atom. The van der Waals surface area contributed by atoms with Crippen molar-refractivity contribution in [2.24, 2.45) is 0 Å². The third-order valence-electron chi connectivity index (χ3n) is 3.80. The number of rotatable bonds is 4. The van der Waals surface area contributed by atoms with Crippen LogP contribution in [0.2, 0.25) is 0 Å². The molecule has 0 unspecified atom stereocenters. The first-order valence-corrected chi connectivity index (χ1v) is 9.42. The van der Waals surface area contributed by atoms with Gasteiger partial charge in [0.2, 0.25) is 0 Å². The minimum absolute atomic E-state index is 0.0441. The largest absolute Gasteiger partial charge is 0.319 e. The molecule has 0 saturated carbocycles. The predicted octanol–water partition coefficient (Wildman–Crippen LogP) is 0.253. The van der Waals surface area contributed by atoms with Crippen molar-refractivity contribution in [3.05, 3.63) is 30.2 Å². The lowest BCUT2D eigenvalue weighted by Gasteiger charge is -2.22. The Hall–Kier alpha value is -2.33. The molecule has 1 aliphatic heterocycles. The van der Waals surface area contributed by atoms with Gasteiger partial charge in [-0.3, -0.25) is 4.79 Å². The van der Waals surface area contributed by atoms with Crippen LogP contribution in [0.1, 0.15) is 29.4 Å². The molecule has 3 rings (SSSR count). The normalized spacial score (nSPS) is 16.0. The zero-order valence-corrected chi connectivity index (χ0v) is 14.0. The Morgan fingerprint density at radius 1 is 1.33 bits per heavy atom. The molecule has 0 spiro atoms. The highest BCUT2D eigenvalue weighted by Crippen LogP contribution is 2.17. The number of nitrogens with zero attached hydrogens (tertiary/aromatic N) is 4. The second-order valence-corrected chi connectivity index (χ2v) is 7.64. The van der Waals surface area contributed by atoms with E-state index < -0.39 is 15.7 Å². The van der Waals surface area contributed by atoms with E-state index in [4.69, 9.17) is 0 Å². The highest BCUT2D eigenvalue weighted by atomic mass is 32.2. The molecule has 24 heavy (non-hydrogen) atoms. The number of anilines is 1. The third-order valence-corrected chi connectivity index (χ3v) is 4.80. The van der Waals surface area contributed by atoms with Gasteiger partial charge in [-0.2, -0.15) is 0 Å². The molecule has 1 amide bonds. The van der Waals surface area contributed by atoms with Crippen LogP contribution in [0.25, 0.3) is 0 Å². The first-order chi connectivity index (χ1) is 11.4. The molecule has 3 heterocycles. The lowest BCUT2D eigenvalue weighted by Crippen LogP contribution is -2.29. The van der Waals surface area contributed by atoms with Gasteiger partial charge < -0.3 is 10.6 Å². The van der Waals surface area contributed by atoms with Crippen molar-refractivity contribution in [3.8, 4) is 0 Å². The van der Waals surface area contributed by atoms with Gasteiger partial charge >= 0.3 is 0 Å². The first kappa shape index (κ1) is 16.5. The SMILES string of the molecule is CS(=O)(=O)c1ccc(NC(=O)c2cn(C3CCNCC3)nn2)cn1. The van der Waals surface area contributed by atoms with E-state index in [1.54, 1.807) is 10.9 Å². The molecule has 0 bridgehead atoms. The fourth-order valence-electron chi connectivity index (χ4n) is 2.50. The average Bonchev–Trinajstić information content (AvgIpc) is 3.05. The summed E-state index contributed by atoms with van der Waals surface area (Å²) in [4.78, 5) is 16.0. The van der Waals surface area contributed by atoms with Crippen molar-refractivity contribution in [1.29, 1.82) is 0 Å². The number of sulfone groups is 1. The molecule has 9 nitrogen and oxygen atoms in total. The van der Waals surface area contributed by atoms with Crippen LogP contribution in [-0.4, -0.2) is 53.6 Å². The van der Waals surface area contributed by atoms with Crippen molar-refractivity contribution in [1.82, 2.24) is 25.3 Å². The van der Waals surface area contributed by atoms with Gasteiger partial charge in [0.25, 0.3) is 5.91 Å². The van der Waals surface area contributed by atoms with Crippen molar-refractivity contribution < 1.29 is 13.2 Å². The summed E-state index contributed by atoms with van der Waals surface area (Å²) in [6, 6.07) is 3.08. The summed E-state index contributed by atoms with van der Waals surface area (Å²) in [6.45, 7) is 1.84. The minimum Gasteiger partial charge on any atom is -0.319 e. The number of aromatic nitrogens is 4. The smallest absolute Gasteiger partial charge is 0.277 e. The first-order valence-electron chi connectivity index (χ1n) is 7.53. The fourth-order valence-corrected chi connectivity index (χ4v) is 3.06. The summed E-state index contributed by atoms with van der Waals surface area (Å²) in [5.41, 5.74) is 0.601. The quantitative estimate of drug-likeness (QED) is 0.811. The van der Waals surface area contributed by atoms with E-state index in [1.165, 1.54) is 18.3 Å². The van der Waals surface area contributed by atoms with E-state index in [2.05, 4.69) is 25.9 Å². The molecule has 2 N–H and O–H groups in total. The second kappa shape index (κ2) is 6.65. The van der Waals surface area contributed by atoms with Crippen LogP contribution in [0, 0.1) is 0 Å². The van der Waals surface area contributed by atoms with Crippen LogP contribution in [0.5, 0.6) is 0 Å². The summed E-state index contributed by atoms with van der Waals surface area (Å²) in [7, 11) is -3.36. The zero-order chi connectivity index (χ0) is 17.2. The van der Waals surface area contributed by atoms with E-state index in [0.717, 1.165) is 32.2 Å². The third kappa shape index (κ3) is 3.77.